The number of nitrogens with one attached hydrogen (secondary N) is 1. The fourth-order valence-corrected chi connectivity index (χ4v) is 8.38. The van der Waals surface area contributed by atoms with Crippen molar-refractivity contribution in [2.75, 3.05) is 30.2 Å². The number of rotatable bonds is 17. The Balaban J connectivity index is 0.000000196. The number of amides is 1. The van der Waals surface area contributed by atoms with Crippen LogP contribution in [0.25, 0.3) is 0 Å². The minimum Gasteiger partial charge on any atom is -0.477 e. The van der Waals surface area contributed by atoms with Crippen LogP contribution in [0.5, 0.6) is 11.8 Å². The van der Waals surface area contributed by atoms with Gasteiger partial charge in [-0.25, -0.2) is 19.6 Å². The fraction of sp³-hybridized carbons (Fsp3) is 0.362. The first kappa shape index (κ1) is 46.5. The lowest BCUT2D eigenvalue weighted by atomic mass is 10.2. The number of carbonyl (C=O) groups excluding carboxylic acids is 2. The number of hydrogen-bond acceptors (Lipinski definition) is 19. The summed E-state index contributed by atoms with van der Waals surface area (Å²) < 4.78 is 22.4. The molecule has 1 N–H and O–H groups in total. The Labute approximate surface area is 395 Å². The van der Waals surface area contributed by atoms with Crippen molar-refractivity contribution in [3.05, 3.63) is 139 Å². The second-order valence-corrected chi connectivity index (χ2v) is 18.8. The predicted octanol–water partition coefficient (Wildman–Crippen LogP) is 8.23. The van der Waals surface area contributed by atoms with Gasteiger partial charge in [-0.15, -0.1) is 20.4 Å². The molecule has 6 aromatic heterocycles. The molecule has 1 amide bonds. The molecule has 2 saturated carbocycles. The second-order valence-electron chi connectivity index (χ2n) is 16.3. The molecule has 9 rings (SSSR count). The molecule has 2 aliphatic carbocycles. The Kier molecular flexibility index (Phi) is 14.9. The third-order valence-corrected chi connectivity index (χ3v) is 12.4. The van der Waals surface area contributed by atoms with Gasteiger partial charge < -0.3 is 24.3 Å². The van der Waals surface area contributed by atoms with Crippen molar-refractivity contribution in [1.29, 1.82) is 0 Å². The van der Waals surface area contributed by atoms with Gasteiger partial charge in [0, 0.05) is 59.6 Å². The Hall–Kier alpha value is -7.06. The second kappa shape index (κ2) is 21.5. The molecule has 18 nitrogen and oxygen atoms in total. The maximum Gasteiger partial charge on any atom is 0.418 e. The SMILES string of the molecule is Cc1ccc([C@H]2C[C@@H]2COc2cc(N(Cc3nnc(C)s3)C(=O)OCOC(=O)c3ccccc3)nc(C)n2)nc1.Cc1ccc([C@H]2C[C@@H]2COc2cc(NCc3nnc(C)s3)nc(C)n2)nc1. The standard InChI is InChI=1S/C28H28N6O5S.C19H22N6OS/c1-17-9-10-23(29-13-17)22-11-21(22)15-37-25-12-24(30-18(2)31-25)34(14-26-33-32-19(3)40-26)28(36)39-16-38-27(35)20-7-5-4-6-8-20;1-11-4-5-16(20-8-11)15-6-14(15)10-26-18-7-17(22-12(2)23-18)21-9-19-25-24-13(3)27-19/h4-10,12-13,21-22H,11,14-16H2,1-3H3;4-5,7-8,14-15H,6,9-10H2,1-3H3,(H,21,22,23)/t21-,22+;14-,15+/m11/s1. The molecule has 20 heteroatoms. The molecular weight excluding hydrogens is 893 g/mol. The first-order chi connectivity index (χ1) is 32.4. The highest BCUT2D eigenvalue weighted by molar-refractivity contribution is 7.11. The quantitative estimate of drug-likeness (QED) is 0.0672. The fourth-order valence-electron chi connectivity index (χ4n) is 7.03. The molecular formula is C47H50N12O6S2. The summed E-state index contributed by atoms with van der Waals surface area (Å²) in [4.78, 5) is 53.4. The lowest BCUT2D eigenvalue weighted by Crippen LogP contribution is -2.33. The van der Waals surface area contributed by atoms with Gasteiger partial charge in [0.1, 0.15) is 43.3 Å². The zero-order chi connectivity index (χ0) is 46.9. The number of carbonyl (C=O) groups is 2. The third kappa shape index (κ3) is 13.3. The molecule has 0 unspecified atom stereocenters. The summed E-state index contributed by atoms with van der Waals surface area (Å²) in [7, 11) is 0. The summed E-state index contributed by atoms with van der Waals surface area (Å²) in [6, 6.07) is 20.2. The van der Waals surface area contributed by atoms with E-state index in [4.69, 9.17) is 18.9 Å². The van der Waals surface area contributed by atoms with E-state index < -0.39 is 18.9 Å². The van der Waals surface area contributed by atoms with Crippen molar-refractivity contribution in [2.24, 2.45) is 11.8 Å². The van der Waals surface area contributed by atoms with Gasteiger partial charge in [-0.3, -0.25) is 14.9 Å². The number of pyridine rings is 2. The first-order valence-electron chi connectivity index (χ1n) is 21.7. The Morgan fingerprint density at radius 3 is 1.82 bits per heavy atom. The Bertz CT molecular complexity index is 2780. The largest absolute Gasteiger partial charge is 0.477 e. The van der Waals surface area contributed by atoms with E-state index in [2.05, 4.69) is 86.8 Å². The van der Waals surface area contributed by atoms with Crippen LogP contribution in [-0.4, -0.2) is 82.4 Å². The minimum absolute atomic E-state index is 0.0522. The summed E-state index contributed by atoms with van der Waals surface area (Å²) in [6.07, 6.45) is 5.13. The number of hydrogen-bond donors (Lipinski definition) is 1. The minimum atomic E-state index is -0.773. The van der Waals surface area contributed by atoms with Gasteiger partial charge in [0.15, 0.2) is 0 Å². The lowest BCUT2D eigenvalue weighted by Gasteiger charge is -2.20. The van der Waals surface area contributed by atoms with Crippen LogP contribution in [0, 0.1) is 53.4 Å². The van der Waals surface area contributed by atoms with E-state index in [1.807, 2.05) is 46.2 Å². The zero-order valence-corrected chi connectivity index (χ0v) is 39.6. The van der Waals surface area contributed by atoms with Crippen LogP contribution < -0.4 is 19.7 Å². The molecule has 2 aliphatic rings. The smallest absolute Gasteiger partial charge is 0.418 e. The van der Waals surface area contributed by atoms with Gasteiger partial charge in [0.2, 0.25) is 18.6 Å². The summed E-state index contributed by atoms with van der Waals surface area (Å²) >= 11 is 2.92. The molecule has 0 aliphatic heterocycles. The zero-order valence-electron chi connectivity index (χ0n) is 38.0. The number of aromatic nitrogens is 10. The van der Waals surface area contributed by atoms with Crippen molar-refractivity contribution in [3.63, 3.8) is 0 Å². The summed E-state index contributed by atoms with van der Waals surface area (Å²) in [5.41, 5.74) is 4.88. The highest BCUT2D eigenvalue weighted by Gasteiger charge is 2.41. The Morgan fingerprint density at radius 1 is 0.672 bits per heavy atom. The molecule has 6 heterocycles. The summed E-state index contributed by atoms with van der Waals surface area (Å²) in [5, 5.41) is 22.8. The van der Waals surface area contributed by atoms with Gasteiger partial charge in [-0.2, -0.15) is 9.97 Å². The molecule has 4 atom stereocenters. The van der Waals surface area contributed by atoms with E-state index in [0.717, 1.165) is 50.6 Å². The number of anilines is 2. The number of nitrogens with zero attached hydrogens (tertiary/aromatic N) is 11. The maximum absolute atomic E-state index is 13.2. The normalized spacial score (nSPS) is 16.8. The van der Waals surface area contributed by atoms with Crippen LogP contribution in [0.3, 0.4) is 0 Å². The van der Waals surface area contributed by atoms with Gasteiger partial charge in [0.25, 0.3) is 0 Å². The van der Waals surface area contributed by atoms with Crippen molar-refractivity contribution < 1.29 is 28.5 Å². The predicted molar refractivity (Wildman–Crippen MR) is 250 cm³/mol. The number of benzene rings is 1. The number of esters is 1. The van der Waals surface area contributed by atoms with Crippen LogP contribution in [-0.2, 0) is 22.6 Å². The molecule has 2 fully saturated rings. The average Bonchev–Trinajstić information content (AvgIpc) is 4.20. The molecule has 0 saturated heterocycles. The average molecular weight is 943 g/mol. The highest BCUT2D eigenvalue weighted by Crippen LogP contribution is 2.47. The van der Waals surface area contributed by atoms with E-state index in [1.54, 1.807) is 54.7 Å². The highest BCUT2D eigenvalue weighted by atomic mass is 32.1. The number of ether oxygens (including phenoxy) is 4. The van der Waals surface area contributed by atoms with Crippen LogP contribution in [0.15, 0.2) is 79.1 Å². The summed E-state index contributed by atoms with van der Waals surface area (Å²) in [5.74, 6) is 4.11. The molecule has 1 aromatic carbocycles. The van der Waals surface area contributed by atoms with Gasteiger partial charge in [-0.05, 0) is 89.8 Å². The molecule has 67 heavy (non-hydrogen) atoms. The van der Waals surface area contributed by atoms with Crippen molar-refractivity contribution in [1.82, 2.24) is 50.3 Å². The van der Waals surface area contributed by atoms with Gasteiger partial charge >= 0.3 is 12.1 Å². The molecule has 346 valence electrons. The van der Waals surface area contributed by atoms with Crippen LogP contribution in [0.2, 0.25) is 0 Å². The van der Waals surface area contributed by atoms with E-state index >= 15 is 0 Å². The van der Waals surface area contributed by atoms with E-state index in [-0.39, 0.29) is 12.4 Å². The monoisotopic (exact) mass is 942 g/mol. The van der Waals surface area contributed by atoms with Gasteiger partial charge in [0.05, 0.1) is 31.9 Å². The Morgan fingerprint density at radius 2 is 1.25 bits per heavy atom. The van der Waals surface area contributed by atoms with Crippen molar-refractivity contribution >= 4 is 46.4 Å². The molecule has 0 radical (unpaired) electrons. The topological polar surface area (TPSA) is 215 Å². The molecule has 7 aromatic rings. The number of aryl methyl sites for hydroxylation is 6. The lowest BCUT2D eigenvalue weighted by molar-refractivity contribution is -0.000711. The van der Waals surface area contributed by atoms with Crippen LogP contribution in [0.4, 0.5) is 16.4 Å². The van der Waals surface area contributed by atoms with E-state index in [0.29, 0.717) is 77.4 Å². The first-order valence-corrected chi connectivity index (χ1v) is 23.4. The molecule has 0 bridgehead atoms. The van der Waals surface area contributed by atoms with Crippen LogP contribution in [0.1, 0.15) is 89.2 Å². The van der Waals surface area contributed by atoms with Gasteiger partial charge in [-0.1, -0.05) is 53.0 Å². The van der Waals surface area contributed by atoms with Crippen molar-refractivity contribution in [3.8, 4) is 11.8 Å². The van der Waals surface area contributed by atoms with E-state index in [9.17, 15) is 9.59 Å². The van der Waals surface area contributed by atoms with Crippen LogP contribution >= 0.6 is 22.7 Å². The third-order valence-electron chi connectivity index (χ3n) is 10.7. The van der Waals surface area contributed by atoms with Crippen molar-refractivity contribution in [2.45, 2.75) is 79.3 Å². The molecule has 0 spiro atoms. The van der Waals surface area contributed by atoms with E-state index in [1.165, 1.54) is 21.8 Å². The summed E-state index contributed by atoms with van der Waals surface area (Å²) in [6.45, 7) is 12.6. The maximum atomic E-state index is 13.2.